The van der Waals surface area contributed by atoms with E-state index in [1.54, 1.807) is 24.3 Å². The molecule has 0 aromatic heterocycles. The van der Waals surface area contributed by atoms with E-state index >= 15 is 0 Å². The van der Waals surface area contributed by atoms with Crippen LogP contribution in [0.3, 0.4) is 0 Å². The summed E-state index contributed by atoms with van der Waals surface area (Å²) in [6.45, 7) is 1.92. The minimum absolute atomic E-state index is 0.102. The number of carbonyl (C=O) groups is 1. The standard InChI is InChI=1S/C23H20ClNO4S/c1-15-6-5-8-19-18-7-3-4-9-20(18)25(21(23(15)19)14-22(26)29-2)30(27,28)17-12-10-16(24)11-13-17/h3-13,21H,14H2,1-2H3. The van der Waals surface area contributed by atoms with Crippen molar-refractivity contribution in [2.24, 2.45) is 0 Å². The number of benzene rings is 3. The van der Waals surface area contributed by atoms with Crippen LogP contribution in [0.1, 0.15) is 23.6 Å². The fourth-order valence-corrected chi connectivity index (χ4v) is 5.75. The zero-order valence-corrected chi connectivity index (χ0v) is 18.1. The predicted molar refractivity (Wildman–Crippen MR) is 117 cm³/mol. The fourth-order valence-electron chi connectivity index (χ4n) is 3.98. The minimum atomic E-state index is -3.99. The maximum absolute atomic E-state index is 13.8. The van der Waals surface area contributed by atoms with Crippen LogP contribution in [0.25, 0.3) is 11.1 Å². The van der Waals surface area contributed by atoms with Crippen molar-refractivity contribution in [2.45, 2.75) is 24.3 Å². The molecule has 1 aliphatic rings. The van der Waals surface area contributed by atoms with E-state index in [1.807, 2.05) is 37.3 Å². The average Bonchev–Trinajstić information content (AvgIpc) is 2.73. The van der Waals surface area contributed by atoms with Gasteiger partial charge in [-0.3, -0.25) is 9.10 Å². The molecule has 0 fully saturated rings. The summed E-state index contributed by atoms with van der Waals surface area (Å²) in [7, 11) is -2.69. The molecule has 0 spiro atoms. The third-order valence-electron chi connectivity index (χ3n) is 5.33. The monoisotopic (exact) mass is 441 g/mol. The van der Waals surface area contributed by atoms with Crippen LogP contribution in [0.5, 0.6) is 0 Å². The van der Waals surface area contributed by atoms with Crippen LogP contribution in [0, 0.1) is 6.92 Å². The second-order valence-electron chi connectivity index (χ2n) is 7.10. The number of nitrogens with zero attached hydrogens (tertiary/aromatic N) is 1. The summed E-state index contributed by atoms with van der Waals surface area (Å²) < 4.78 is 33.8. The van der Waals surface area contributed by atoms with E-state index in [9.17, 15) is 13.2 Å². The Balaban J connectivity index is 2.00. The van der Waals surface area contributed by atoms with Gasteiger partial charge in [0, 0.05) is 10.6 Å². The van der Waals surface area contributed by atoms with E-state index in [4.69, 9.17) is 16.3 Å². The zero-order valence-electron chi connectivity index (χ0n) is 16.5. The summed E-state index contributed by atoms with van der Waals surface area (Å²) in [4.78, 5) is 12.4. The van der Waals surface area contributed by atoms with Crippen LogP contribution in [-0.2, 0) is 19.6 Å². The first kappa shape index (κ1) is 20.4. The van der Waals surface area contributed by atoms with Gasteiger partial charge in [0.1, 0.15) is 0 Å². The molecular formula is C23H20ClNO4S. The van der Waals surface area contributed by atoms with Crippen LogP contribution < -0.4 is 4.31 Å². The highest BCUT2D eigenvalue weighted by Crippen LogP contribution is 2.49. The van der Waals surface area contributed by atoms with Gasteiger partial charge in [-0.2, -0.15) is 0 Å². The molecular weight excluding hydrogens is 422 g/mol. The van der Waals surface area contributed by atoms with Crippen molar-refractivity contribution in [3.8, 4) is 11.1 Å². The van der Waals surface area contributed by atoms with Gasteiger partial charge in [0.25, 0.3) is 10.0 Å². The molecule has 1 aliphatic heterocycles. The molecule has 30 heavy (non-hydrogen) atoms. The molecule has 0 radical (unpaired) electrons. The van der Waals surface area contributed by atoms with Crippen LogP contribution in [0.4, 0.5) is 5.69 Å². The second-order valence-corrected chi connectivity index (χ2v) is 9.36. The average molecular weight is 442 g/mol. The molecule has 3 aromatic carbocycles. The van der Waals surface area contributed by atoms with Gasteiger partial charge in [0.05, 0.1) is 30.2 Å². The highest BCUT2D eigenvalue weighted by Gasteiger charge is 2.40. The van der Waals surface area contributed by atoms with Gasteiger partial charge in [0.15, 0.2) is 0 Å². The quantitative estimate of drug-likeness (QED) is 0.526. The molecule has 0 saturated carbocycles. The molecule has 1 unspecified atom stereocenters. The third-order valence-corrected chi connectivity index (χ3v) is 7.42. The van der Waals surface area contributed by atoms with Crippen molar-refractivity contribution in [1.29, 1.82) is 0 Å². The van der Waals surface area contributed by atoms with Gasteiger partial charge in [-0.15, -0.1) is 0 Å². The number of carbonyl (C=O) groups excluding carboxylic acids is 1. The summed E-state index contributed by atoms with van der Waals surface area (Å²) in [5.41, 5.74) is 3.96. The molecule has 154 valence electrons. The lowest BCUT2D eigenvalue weighted by molar-refractivity contribution is -0.141. The molecule has 0 N–H and O–H groups in total. The van der Waals surface area contributed by atoms with E-state index in [0.29, 0.717) is 10.7 Å². The molecule has 4 rings (SSSR count). The molecule has 0 saturated heterocycles. The lowest BCUT2D eigenvalue weighted by Crippen LogP contribution is -2.39. The fraction of sp³-hybridized carbons (Fsp3) is 0.174. The number of halogens is 1. The van der Waals surface area contributed by atoms with E-state index in [1.165, 1.54) is 23.5 Å². The normalized spacial score (nSPS) is 15.3. The van der Waals surface area contributed by atoms with E-state index in [0.717, 1.165) is 22.3 Å². The lowest BCUT2D eigenvalue weighted by Gasteiger charge is -2.39. The number of methoxy groups -OCH3 is 1. The van der Waals surface area contributed by atoms with Gasteiger partial charge in [-0.25, -0.2) is 8.42 Å². The molecule has 0 amide bonds. The summed E-state index contributed by atoms with van der Waals surface area (Å²) in [5.74, 6) is -0.482. The smallest absolute Gasteiger partial charge is 0.307 e. The maximum Gasteiger partial charge on any atom is 0.307 e. The number of ether oxygens (including phenoxy) is 1. The van der Waals surface area contributed by atoms with E-state index in [2.05, 4.69) is 0 Å². The highest BCUT2D eigenvalue weighted by atomic mass is 35.5. The summed E-state index contributed by atoms with van der Waals surface area (Å²) in [6, 6.07) is 18.4. The van der Waals surface area contributed by atoms with Crippen molar-refractivity contribution in [2.75, 3.05) is 11.4 Å². The SMILES string of the molecule is COC(=O)CC1c2c(C)cccc2-c2ccccc2N1S(=O)(=O)c1ccc(Cl)cc1. The Morgan fingerprint density at radius 3 is 2.37 bits per heavy atom. The van der Waals surface area contributed by atoms with Crippen molar-refractivity contribution >= 4 is 33.3 Å². The van der Waals surface area contributed by atoms with Crippen molar-refractivity contribution in [3.63, 3.8) is 0 Å². The van der Waals surface area contributed by atoms with Gasteiger partial charge in [-0.05, 0) is 53.9 Å². The largest absolute Gasteiger partial charge is 0.469 e. The second kappa shape index (κ2) is 7.78. The highest BCUT2D eigenvalue weighted by molar-refractivity contribution is 7.92. The van der Waals surface area contributed by atoms with Crippen LogP contribution in [0.15, 0.2) is 71.6 Å². The van der Waals surface area contributed by atoms with Gasteiger partial charge < -0.3 is 4.74 Å². The number of hydrogen-bond acceptors (Lipinski definition) is 4. The van der Waals surface area contributed by atoms with E-state index < -0.39 is 22.0 Å². The Kier molecular flexibility index (Phi) is 5.30. The number of rotatable bonds is 4. The molecule has 3 aromatic rings. The zero-order chi connectivity index (χ0) is 21.5. The summed E-state index contributed by atoms with van der Waals surface area (Å²) >= 11 is 5.96. The lowest BCUT2D eigenvalue weighted by atomic mass is 9.85. The first-order chi connectivity index (χ1) is 14.3. The third kappa shape index (κ3) is 3.36. The first-order valence-corrected chi connectivity index (χ1v) is 11.2. The minimum Gasteiger partial charge on any atom is -0.469 e. The van der Waals surface area contributed by atoms with Gasteiger partial charge in [0.2, 0.25) is 0 Å². The van der Waals surface area contributed by atoms with Crippen molar-refractivity contribution < 1.29 is 17.9 Å². The van der Waals surface area contributed by atoms with Crippen LogP contribution >= 0.6 is 11.6 Å². The number of sulfonamides is 1. The molecule has 7 heteroatoms. The number of aryl methyl sites for hydroxylation is 1. The molecule has 0 aliphatic carbocycles. The van der Waals surface area contributed by atoms with Crippen molar-refractivity contribution in [3.05, 3.63) is 82.9 Å². The Labute approximate surface area is 180 Å². The molecule has 1 heterocycles. The Hall–Kier alpha value is -2.83. The predicted octanol–water partition coefficient (Wildman–Crippen LogP) is 5.13. The summed E-state index contributed by atoms with van der Waals surface area (Å²) in [5, 5.41) is 0.445. The maximum atomic E-state index is 13.8. The Morgan fingerprint density at radius 2 is 1.67 bits per heavy atom. The number of para-hydroxylation sites is 1. The number of anilines is 1. The van der Waals surface area contributed by atoms with Crippen LogP contribution in [0.2, 0.25) is 5.02 Å². The Morgan fingerprint density at radius 1 is 1.00 bits per heavy atom. The van der Waals surface area contributed by atoms with E-state index in [-0.39, 0.29) is 11.3 Å². The number of hydrogen-bond donors (Lipinski definition) is 0. The van der Waals surface area contributed by atoms with Gasteiger partial charge >= 0.3 is 5.97 Å². The van der Waals surface area contributed by atoms with Crippen molar-refractivity contribution in [1.82, 2.24) is 0 Å². The Bertz CT molecular complexity index is 1220. The molecule has 0 bridgehead atoms. The number of esters is 1. The molecule has 1 atom stereocenters. The molecule has 5 nitrogen and oxygen atoms in total. The first-order valence-electron chi connectivity index (χ1n) is 9.40. The van der Waals surface area contributed by atoms with Gasteiger partial charge in [-0.1, -0.05) is 48.0 Å². The topological polar surface area (TPSA) is 63.7 Å². The number of fused-ring (bicyclic) bond motifs is 3. The summed E-state index contributed by atoms with van der Waals surface area (Å²) in [6.07, 6.45) is -0.102. The van der Waals surface area contributed by atoms with Crippen LogP contribution in [-0.4, -0.2) is 21.5 Å².